The van der Waals surface area contributed by atoms with Crippen LogP contribution in [0.5, 0.6) is 0 Å². The molecule has 0 bridgehead atoms. The summed E-state index contributed by atoms with van der Waals surface area (Å²) in [6.07, 6.45) is 5.76. The van der Waals surface area contributed by atoms with Crippen molar-refractivity contribution < 1.29 is 4.39 Å². The summed E-state index contributed by atoms with van der Waals surface area (Å²) in [5, 5.41) is 7.73. The minimum atomic E-state index is -0.327. The highest BCUT2D eigenvalue weighted by atomic mass is 19.1. The molecule has 2 aromatic rings. The third-order valence-corrected chi connectivity index (χ3v) is 2.69. The molecule has 4 nitrogen and oxygen atoms in total. The molecule has 1 N–H and O–H groups in total. The molecule has 0 aliphatic carbocycles. The summed E-state index contributed by atoms with van der Waals surface area (Å²) in [6, 6.07) is 3.31. The van der Waals surface area contributed by atoms with Gasteiger partial charge < -0.3 is 5.32 Å². The van der Waals surface area contributed by atoms with E-state index in [-0.39, 0.29) is 11.9 Å². The SMILES string of the molecule is CCCNC(c1cncc(F)c1)c1ccn(C)n1. The van der Waals surface area contributed by atoms with Crippen LogP contribution in [-0.2, 0) is 7.05 Å². The molecule has 2 heterocycles. The van der Waals surface area contributed by atoms with E-state index in [0.717, 1.165) is 24.2 Å². The molecule has 0 saturated carbocycles. The topological polar surface area (TPSA) is 42.7 Å². The van der Waals surface area contributed by atoms with Gasteiger partial charge in [0.25, 0.3) is 0 Å². The standard InChI is InChI=1S/C13H17FN4/c1-3-5-16-13(12-4-6-18(2)17-12)10-7-11(14)9-15-8-10/h4,6-9,13,16H,3,5H2,1-2H3. The van der Waals surface area contributed by atoms with Crippen LogP contribution in [0.15, 0.2) is 30.7 Å². The Morgan fingerprint density at radius 1 is 1.44 bits per heavy atom. The maximum absolute atomic E-state index is 13.3. The van der Waals surface area contributed by atoms with E-state index in [0.29, 0.717) is 0 Å². The van der Waals surface area contributed by atoms with Gasteiger partial charge in [-0.3, -0.25) is 9.67 Å². The van der Waals surface area contributed by atoms with Crippen LogP contribution >= 0.6 is 0 Å². The molecule has 96 valence electrons. The summed E-state index contributed by atoms with van der Waals surface area (Å²) in [4.78, 5) is 3.90. The van der Waals surface area contributed by atoms with Crippen LogP contribution in [0.2, 0.25) is 0 Å². The average molecular weight is 248 g/mol. The van der Waals surface area contributed by atoms with Crippen molar-refractivity contribution in [1.29, 1.82) is 0 Å². The van der Waals surface area contributed by atoms with E-state index in [4.69, 9.17) is 0 Å². The van der Waals surface area contributed by atoms with E-state index in [1.807, 2.05) is 19.3 Å². The minimum Gasteiger partial charge on any atom is -0.305 e. The second-order valence-corrected chi connectivity index (χ2v) is 4.24. The lowest BCUT2D eigenvalue weighted by Crippen LogP contribution is -2.24. The summed E-state index contributed by atoms with van der Waals surface area (Å²) in [5.41, 5.74) is 1.67. The predicted octanol–water partition coefficient (Wildman–Crippen LogP) is 2.04. The van der Waals surface area contributed by atoms with Crippen molar-refractivity contribution in [2.45, 2.75) is 19.4 Å². The Hall–Kier alpha value is -1.75. The molecule has 2 aromatic heterocycles. The zero-order chi connectivity index (χ0) is 13.0. The number of nitrogens with one attached hydrogen (secondary N) is 1. The smallest absolute Gasteiger partial charge is 0.141 e. The Bertz CT molecular complexity index is 509. The van der Waals surface area contributed by atoms with E-state index in [1.54, 1.807) is 10.9 Å². The quantitative estimate of drug-likeness (QED) is 0.880. The lowest BCUT2D eigenvalue weighted by molar-refractivity contribution is 0.563. The summed E-state index contributed by atoms with van der Waals surface area (Å²) in [7, 11) is 1.87. The van der Waals surface area contributed by atoms with Gasteiger partial charge >= 0.3 is 0 Å². The van der Waals surface area contributed by atoms with Crippen LogP contribution in [0.3, 0.4) is 0 Å². The maximum atomic E-state index is 13.3. The first-order valence-electron chi connectivity index (χ1n) is 6.04. The van der Waals surface area contributed by atoms with Gasteiger partial charge in [-0.15, -0.1) is 0 Å². The number of pyridine rings is 1. The van der Waals surface area contributed by atoms with Gasteiger partial charge in [-0.05, 0) is 30.7 Å². The molecule has 0 aliphatic rings. The van der Waals surface area contributed by atoms with Crippen LogP contribution in [0.1, 0.15) is 30.6 Å². The van der Waals surface area contributed by atoms with Gasteiger partial charge in [0, 0.05) is 19.4 Å². The number of nitrogens with zero attached hydrogens (tertiary/aromatic N) is 3. The normalized spacial score (nSPS) is 12.6. The van der Waals surface area contributed by atoms with E-state index in [9.17, 15) is 4.39 Å². The van der Waals surface area contributed by atoms with Crippen molar-refractivity contribution in [2.75, 3.05) is 6.54 Å². The molecule has 0 spiro atoms. The largest absolute Gasteiger partial charge is 0.305 e. The minimum absolute atomic E-state index is 0.116. The highest BCUT2D eigenvalue weighted by molar-refractivity contribution is 5.24. The first kappa shape index (κ1) is 12.7. The highest BCUT2D eigenvalue weighted by Crippen LogP contribution is 2.20. The van der Waals surface area contributed by atoms with Crippen molar-refractivity contribution in [2.24, 2.45) is 7.05 Å². The number of aryl methyl sites for hydroxylation is 1. The fraction of sp³-hybridized carbons (Fsp3) is 0.385. The van der Waals surface area contributed by atoms with E-state index in [1.165, 1.54) is 12.3 Å². The molecular weight excluding hydrogens is 231 g/mol. The van der Waals surface area contributed by atoms with Crippen molar-refractivity contribution in [3.05, 3.63) is 47.8 Å². The zero-order valence-corrected chi connectivity index (χ0v) is 10.6. The number of hydrogen-bond acceptors (Lipinski definition) is 3. The van der Waals surface area contributed by atoms with Crippen LogP contribution < -0.4 is 5.32 Å². The highest BCUT2D eigenvalue weighted by Gasteiger charge is 2.16. The Morgan fingerprint density at radius 2 is 2.28 bits per heavy atom. The number of halogens is 1. The summed E-state index contributed by atoms with van der Waals surface area (Å²) >= 11 is 0. The summed E-state index contributed by atoms with van der Waals surface area (Å²) in [5.74, 6) is -0.327. The Balaban J connectivity index is 2.30. The molecule has 0 saturated heterocycles. The molecule has 2 rings (SSSR count). The van der Waals surface area contributed by atoms with Gasteiger partial charge in [0.05, 0.1) is 17.9 Å². The summed E-state index contributed by atoms with van der Waals surface area (Å²) < 4.78 is 15.0. The van der Waals surface area contributed by atoms with Crippen LogP contribution in [0.4, 0.5) is 4.39 Å². The molecule has 18 heavy (non-hydrogen) atoms. The molecule has 0 amide bonds. The van der Waals surface area contributed by atoms with Gasteiger partial charge in [0.2, 0.25) is 0 Å². The third kappa shape index (κ3) is 2.92. The van der Waals surface area contributed by atoms with Gasteiger partial charge in [0.1, 0.15) is 5.82 Å². The number of aromatic nitrogens is 3. The van der Waals surface area contributed by atoms with E-state index in [2.05, 4.69) is 22.3 Å². The van der Waals surface area contributed by atoms with E-state index < -0.39 is 0 Å². The number of rotatable bonds is 5. The van der Waals surface area contributed by atoms with Crippen LogP contribution in [0.25, 0.3) is 0 Å². The van der Waals surface area contributed by atoms with Crippen molar-refractivity contribution in [3.63, 3.8) is 0 Å². The fourth-order valence-corrected chi connectivity index (χ4v) is 1.86. The van der Waals surface area contributed by atoms with Crippen molar-refractivity contribution >= 4 is 0 Å². The first-order chi connectivity index (χ1) is 8.70. The van der Waals surface area contributed by atoms with Gasteiger partial charge in [-0.2, -0.15) is 5.10 Å². The van der Waals surface area contributed by atoms with Crippen LogP contribution in [0, 0.1) is 5.82 Å². The monoisotopic (exact) mass is 248 g/mol. The molecule has 5 heteroatoms. The summed E-state index contributed by atoms with van der Waals surface area (Å²) in [6.45, 7) is 2.93. The fourth-order valence-electron chi connectivity index (χ4n) is 1.86. The maximum Gasteiger partial charge on any atom is 0.141 e. The van der Waals surface area contributed by atoms with Gasteiger partial charge in [-0.1, -0.05) is 6.92 Å². The molecule has 1 unspecified atom stereocenters. The molecule has 0 radical (unpaired) electrons. The van der Waals surface area contributed by atoms with Crippen molar-refractivity contribution in [3.8, 4) is 0 Å². The molecule has 1 atom stereocenters. The second kappa shape index (κ2) is 5.73. The molecule has 0 fully saturated rings. The Kier molecular flexibility index (Phi) is 4.04. The van der Waals surface area contributed by atoms with Crippen LogP contribution in [-0.4, -0.2) is 21.3 Å². The lowest BCUT2D eigenvalue weighted by atomic mass is 10.1. The molecular formula is C13H17FN4. The second-order valence-electron chi connectivity index (χ2n) is 4.24. The molecule has 0 aromatic carbocycles. The lowest BCUT2D eigenvalue weighted by Gasteiger charge is -2.16. The van der Waals surface area contributed by atoms with Gasteiger partial charge in [-0.25, -0.2) is 4.39 Å². The Labute approximate surface area is 106 Å². The number of hydrogen-bond donors (Lipinski definition) is 1. The van der Waals surface area contributed by atoms with E-state index >= 15 is 0 Å². The predicted molar refractivity (Wildman–Crippen MR) is 67.5 cm³/mol. The zero-order valence-electron chi connectivity index (χ0n) is 10.6. The van der Waals surface area contributed by atoms with Gasteiger partial charge in [0.15, 0.2) is 0 Å². The third-order valence-electron chi connectivity index (χ3n) is 2.69. The van der Waals surface area contributed by atoms with Crippen molar-refractivity contribution in [1.82, 2.24) is 20.1 Å². The molecule has 0 aliphatic heterocycles. The average Bonchev–Trinajstić information content (AvgIpc) is 2.76. The first-order valence-corrected chi connectivity index (χ1v) is 6.04. The Morgan fingerprint density at radius 3 is 2.89 bits per heavy atom.